The molecule has 4 rings (SSSR count). The molecule has 1 heteroatoms. The summed E-state index contributed by atoms with van der Waals surface area (Å²) in [5.41, 5.74) is 6.18. The van der Waals surface area contributed by atoms with E-state index in [1.54, 1.807) is 0 Å². The van der Waals surface area contributed by atoms with Gasteiger partial charge in [0.1, 0.15) is 6.10 Å². The summed E-state index contributed by atoms with van der Waals surface area (Å²) in [6.45, 7) is 6.56. The van der Waals surface area contributed by atoms with Crippen LogP contribution in [0.1, 0.15) is 24.2 Å². The lowest BCUT2D eigenvalue weighted by molar-refractivity contribution is 0.103. The van der Waals surface area contributed by atoms with E-state index in [0.29, 0.717) is 6.61 Å². The fourth-order valence-corrected chi connectivity index (χ4v) is 3.34. The fourth-order valence-electron chi connectivity index (χ4n) is 3.34. The van der Waals surface area contributed by atoms with Crippen molar-refractivity contribution in [2.45, 2.75) is 13.0 Å². The number of hydrogen-bond donors (Lipinski definition) is 0. The van der Waals surface area contributed by atoms with Crippen molar-refractivity contribution < 1.29 is 4.74 Å². The van der Waals surface area contributed by atoms with Gasteiger partial charge < -0.3 is 4.74 Å². The zero-order valence-electron chi connectivity index (χ0n) is 12.7. The molecule has 0 aliphatic heterocycles. The van der Waals surface area contributed by atoms with Crippen LogP contribution >= 0.6 is 0 Å². The van der Waals surface area contributed by atoms with Crippen molar-refractivity contribution in [3.63, 3.8) is 0 Å². The second-order valence-corrected chi connectivity index (χ2v) is 5.98. The Bertz CT molecular complexity index is 876. The molecule has 0 radical (unpaired) electrons. The van der Waals surface area contributed by atoms with Crippen molar-refractivity contribution in [3.05, 3.63) is 83.9 Å². The van der Waals surface area contributed by atoms with Crippen LogP contribution in [0.3, 0.4) is 0 Å². The standard InChI is InChI=1S/C21H18O/c1-14(2)13-22-21-19-10-6-5-9-17(19)18-12-11-15-7-3-4-8-16(15)20(18)21/h3-12,21H,1,13H2,2H3. The molecule has 108 valence electrons. The Morgan fingerprint density at radius 3 is 2.59 bits per heavy atom. The summed E-state index contributed by atoms with van der Waals surface area (Å²) in [7, 11) is 0. The van der Waals surface area contributed by atoms with Crippen LogP contribution < -0.4 is 0 Å². The molecular formula is C21H18O. The number of rotatable bonds is 3. The number of hydrogen-bond acceptors (Lipinski definition) is 1. The molecule has 0 N–H and O–H groups in total. The maximum Gasteiger partial charge on any atom is 0.110 e. The predicted molar refractivity (Wildman–Crippen MR) is 92.0 cm³/mol. The Hall–Kier alpha value is -2.38. The number of fused-ring (bicyclic) bond motifs is 5. The molecule has 3 aromatic rings. The molecule has 1 nitrogen and oxygen atoms in total. The van der Waals surface area contributed by atoms with Crippen LogP contribution in [0.2, 0.25) is 0 Å². The van der Waals surface area contributed by atoms with E-state index in [-0.39, 0.29) is 6.10 Å². The minimum absolute atomic E-state index is 0.00556. The molecule has 1 unspecified atom stereocenters. The first-order chi connectivity index (χ1) is 10.8. The molecular weight excluding hydrogens is 268 g/mol. The van der Waals surface area contributed by atoms with Gasteiger partial charge in [-0.1, -0.05) is 72.8 Å². The van der Waals surface area contributed by atoms with E-state index in [1.807, 2.05) is 6.92 Å². The highest BCUT2D eigenvalue weighted by molar-refractivity contribution is 5.95. The Morgan fingerprint density at radius 2 is 1.73 bits per heavy atom. The highest BCUT2D eigenvalue weighted by Gasteiger charge is 2.30. The third-order valence-electron chi connectivity index (χ3n) is 4.26. The Labute approximate surface area is 130 Å². The van der Waals surface area contributed by atoms with Gasteiger partial charge in [-0.15, -0.1) is 0 Å². The van der Waals surface area contributed by atoms with Gasteiger partial charge in [-0.25, -0.2) is 0 Å². The molecule has 0 heterocycles. The van der Waals surface area contributed by atoms with Gasteiger partial charge in [0.15, 0.2) is 0 Å². The lowest BCUT2D eigenvalue weighted by Gasteiger charge is -2.17. The molecule has 0 saturated carbocycles. The molecule has 0 saturated heterocycles. The molecule has 0 fully saturated rings. The zero-order valence-corrected chi connectivity index (χ0v) is 12.7. The summed E-state index contributed by atoms with van der Waals surface area (Å²) in [6.07, 6.45) is -0.00556. The Kier molecular flexibility index (Phi) is 3.09. The third kappa shape index (κ3) is 1.98. The average molecular weight is 286 g/mol. The topological polar surface area (TPSA) is 9.23 Å². The van der Waals surface area contributed by atoms with E-state index >= 15 is 0 Å². The third-order valence-corrected chi connectivity index (χ3v) is 4.26. The van der Waals surface area contributed by atoms with Gasteiger partial charge >= 0.3 is 0 Å². The van der Waals surface area contributed by atoms with E-state index in [4.69, 9.17) is 4.74 Å². The minimum Gasteiger partial charge on any atom is -0.364 e. The minimum atomic E-state index is -0.00556. The lowest BCUT2D eigenvalue weighted by Crippen LogP contribution is -2.05. The number of benzene rings is 3. The summed E-state index contributed by atoms with van der Waals surface area (Å²) in [5, 5.41) is 2.54. The summed E-state index contributed by atoms with van der Waals surface area (Å²) in [6, 6.07) is 21.5. The summed E-state index contributed by atoms with van der Waals surface area (Å²) in [4.78, 5) is 0. The maximum absolute atomic E-state index is 6.23. The molecule has 1 atom stereocenters. The quantitative estimate of drug-likeness (QED) is 0.577. The van der Waals surface area contributed by atoms with E-state index in [2.05, 4.69) is 67.2 Å². The zero-order chi connectivity index (χ0) is 15.1. The van der Waals surface area contributed by atoms with Gasteiger partial charge in [-0.2, -0.15) is 0 Å². The molecule has 1 aliphatic rings. The van der Waals surface area contributed by atoms with Gasteiger partial charge in [0.05, 0.1) is 6.61 Å². The first kappa shape index (κ1) is 13.3. The monoisotopic (exact) mass is 286 g/mol. The van der Waals surface area contributed by atoms with E-state index in [1.165, 1.54) is 33.0 Å². The second kappa shape index (κ2) is 5.11. The van der Waals surface area contributed by atoms with Crippen LogP contribution in [-0.2, 0) is 4.74 Å². The average Bonchev–Trinajstić information content (AvgIpc) is 2.87. The van der Waals surface area contributed by atoms with E-state index in [0.717, 1.165) is 5.57 Å². The molecule has 0 amide bonds. The first-order valence-electron chi connectivity index (χ1n) is 7.62. The normalized spacial score (nSPS) is 15.6. The Balaban J connectivity index is 1.96. The highest BCUT2D eigenvalue weighted by Crippen LogP contribution is 2.48. The van der Waals surface area contributed by atoms with Crippen LogP contribution in [0.15, 0.2) is 72.8 Å². The van der Waals surface area contributed by atoms with Gasteiger partial charge in [-0.05, 0) is 34.4 Å². The van der Waals surface area contributed by atoms with Crippen LogP contribution in [0.4, 0.5) is 0 Å². The smallest absolute Gasteiger partial charge is 0.110 e. The highest BCUT2D eigenvalue weighted by atomic mass is 16.5. The van der Waals surface area contributed by atoms with Gasteiger partial charge in [-0.3, -0.25) is 0 Å². The lowest BCUT2D eigenvalue weighted by atomic mass is 9.98. The molecule has 0 aromatic heterocycles. The van der Waals surface area contributed by atoms with Crippen molar-refractivity contribution in [2.75, 3.05) is 6.61 Å². The predicted octanol–water partition coefficient (Wildman–Crippen LogP) is 5.50. The molecule has 3 aromatic carbocycles. The van der Waals surface area contributed by atoms with Gasteiger partial charge in [0, 0.05) is 5.56 Å². The van der Waals surface area contributed by atoms with Gasteiger partial charge in [0.25, 0.3) is 0 Å². The van der Waals surface area contributed by atoms with E-state index in [9.17, 15) is 0 Å². The molecule has 0 bridgehead atoms. The first-order valence-corrected chi connectivity index (χ1v) is 7.62. The fraction of sp³-hybridized carbons (Fsp3) is 0.143. The Morgan fingerprint density at radius 1 is 0.955 bits per heavy atom. The van der Waals surface area contributed by atoms with Crippen molar-refractivity contribution >= 4 is 10.8 Å². The summed E-state index contributed by atoms with van der Waals surface area (Å²) >= 11 is 0. The van der Waals surface area contributed by atoms with E-state index < -0.39 is 0 Å². The maximum atomic E-state index is 6.23. The van der Waals surface area contributed by atoms with Crippen LogP contribution in [0, 0.1) is 0 Å². The SMILES string of the molecule is C=C(C)COC1c2ccccc2-c2ccc3ccccc3c21. The van der Waals surface area contributed by atoms with Crippen molar-refractivity contribution in [3.8, 4) is 11.1 Å². The number of ether oxygens (including phenoxy) is 1. The molecule has 0 spiro atoms. The molecule has 1 aliphatic carbocycles. The molecule has 22 heavy (non-hydrogen) atoms. The van der Waals surface area contributed by atoms with Crippen molar-refractivity contribution in [2.24, 2.45) is 0 Å². The second-order valence-electron chi connectivity index (χ2n) is 5.98. The van der Waals surface area contributed by atoms with Crippen molar-refractivity contribution in [1.82, 2.24) is 0 Å². The summed E-state index contributed by atoms with van der Waals surface area (Å²) in [5.74, 6) is 0. The van der Waals surface area contributed by atoms with Crippen LogP contribution in [0.5, 0.6) is 0 Å². The largest absolute Gasteiger partial charge is 0.364 e. The summed E-state index contributed by atoms with van der Waals surface area (Å²) < 4.78 is 6.23. The van der Waals surface area contributed by atoms with Crippen LogP contribution in [-0.4, -0.2) is 6.61 Å². The van der Waals surface area contributed by atoms with Gasteiger partial charge in [0.2, 0.25) is 0 Å². The van der Waals surface area contributed by atoms with Crippen LogP contribution in [0.25, 0.3) is 21.9 Å². The van der Waals surface area contributed by atoms with Crippen molar-refractivity contribution in [1.29, 1.82) is 0 Å².